The molecule has 0 aliphatic carbocycles. The molecule has 0 amide bonds. The van der Waals surface area contributed by atoms with Crippen LogP contribution < -0.4 is 22.1 Å². The average Bonchev–Trinajstić information content (AvgIpc) is 3.21. The maximum atomic E-state index is 10.4. The lowest BCUT2D eigenvalue weighted by atomic mass is 10.3. The number of hydrogen-bond donors (Lipinski definition) is 6. The number of carboxylic acids is 2. The second kappa shape index (κ2) is 59.6. The highest BCUT2D eigenvalue weighted by Crippen LogP contribution is 2.13. The van der Waals surface area contributed by atoms with Gasteiger partial charge in [-0.25, -0.2) is 0 Å². The van der Waals surface area contributed by atoms with Gasteiger partial charge in [0.05, 0.1) is 124 Å². The smallest absolute Gasteiger partial charge is 0.321 e. The molecule has 0 rings (SSSR count). The summed E-state index contributed by atoms with van der Waals surface area (Å²) in [7, 11) is 1.85. The summed E-state index contributed by atoms with van der Waals surface area (Å²) >= 11 is 0.932. The number of ether oxygens (including phenoxy) is 9. The minimum absolute atomic E-state index is 0.0199. The van der Waals surface area contributed by atoms with Crippen molar-refractivity contribution in [1.29, 1.82) is 0 Å². The molecule has 0 aromatic carbocycles. The molecule has 0 saturated carbocycles. The molecular formula is C37H80N4O14S. The Bertz CT molecular complexity index is 808. The fourth-order valence-electron chi connectivity index (χ4n) is 3.11. The van der Waals surface area contributed by atoms with Crippen LogP contribution in [0.2, 0.25) is 0 Å². The lowest BCUT2D eigenvalue weighted by molar-refractivity contribution is -0.138. The van der Waals surface area contributed by atoms with E-state index in [1.54, 1.807) is 6.20 Å². The number of rotatable bonds is 38. The van der Waals surface area contributed by atoms with Gasteiger partial charge in [-0.3, -0.25) is 9.59 Å². The van der Waals surface area contributed by atoms with E-state index in [2.05, 4.69) is 10.6 Å². The predicted molar refractivity (Wildman–Crippen MR) is 221 cm³/mol. The number of thioether (sulfide) groups is 1. The van der Waals surface area contributed by atoms with Crippen molar-refractivity contribution in [3.8, 4) is 0 Å². The molecule has 0 fully saturated rings. The van der Waals surface area contributed by atoms with Crippen molar-refractivity contribution >= 4 is 30.0 Å². The van der Waals surface area contributed by atoms with E-state index in [1.807, 2.05) is 55.5 Å². The summed E-state index contributed by atoms with van der Waals surface area (Å²) in [5, 5.41) is 22.1. The Kier molecular flexibility index (Phi) is 67.0. The number of likely N-dealkylation sites (N-methyl/N-ethyl adjacent to an activating group) is 1. The lowest BCUT2D eigenvalue weighted by Gasteiger charge is -2.09. The lowest BCUT2D eigenvalue weighted by Crippen LogP contribution is -2.33. The van der Waals surface area contributed by atoms with Gasteiger partial charge in [0, 0.05) is 37.3 Å². The molecule has 18 nitrogen and oxygen atoms in total. The largest absolute Gasteiger partial charge is 0.481 e. The Balaban J connectivity index is -0.000000360. The number of aliphatic carboxylic acids is 2. The summed E-state index contributed by atoms with van der Waals surface area (Å²) < 4.78 is 48.6. The van der Waals surface area contributed by atoms with Crippen molar-refractivity contribution in [2.24, 2.45) is 11.5 Å². The molecule has 0 aromatic rings. The van der Waals surface area contributed by atoms with Crippen LogP contribution in [-0.4, -0.2) is 185 Å². The molecule has 0 heterocycles. The molecule has 0 aliphatic heterocycles. The van der Waals surface area contributed by atoms with E-state index >= 15 is 0 Å². The molecule has 338 valence electrons. The van der Waals surface area contributed by atoms with E-state index in [0.717, 1.165) is 17.5 Å². The van der Waals surface area contributed by atoms with Gasteiger partial charge in [0.1, 0.15) is 12.3 Å². The third-order valence-corrected chi connectivity index (χ3v) is 6.83. The quantitative estimate of drug-likeness (QED) is 0.0384. The summed E-state index contributed by atoms with van der Waals surface area (Å²) in [4.78, 5) is 30.9. The third kappa shape index (κ3) is 61.1. The van der Waals surface area contributed by atoms with Gasteiger partial charge < -0.3 is 79.7 Å². The van der Waals surface area contributed by atoms with Gasteiger partial charge in [-0.2, -0.15) is 0 Å². The van der Waals surface area contributed by atoms with Crippen molar-refractivity contribution in [3.63, 3.8) is 0 Å². The van der Waals surface area contributed by atoms with E-state index < -0.39 is 23.2 Å². The number of nitrogens with one attached hydrogen (secondary N) is 2. The fraction of sp³-hybridized carbons (Fsp3) is 0.865. The Morgan fingerprint density at radius 2 is 0.982 bits per heavy atom. The van der Waals surface area contributed by atoms with Crippen molar-refractivity contribution in [2.45, 2.75) is 66.2 Å². The van der Waals surface area contributed by atoms with Gasteiger partial charge in [-0.1, -0.05) is 41.5 Å². The number of aldehydes is 1. The summed E-state index contributed by atoms with van der Waals surface area (Å²) in [6.07, 6.45) is 1.94. The van der Waals surface area contributed by atoms with Gasteiger partial charge >= 0.3 is 11.9 Å². The monoisotopic (exact) mass is 837 g/mol. The Labute approximate surface area is 341 Å². The first-order chi connectivity index (χ1) is 27.3. The highest BCUT2D eigenvalue weighted by Gasteiger charge is 2.17. The number of carbonyl (C=O) groups is 3. The van der Waals surface area contributed by atoms with Crippen molar-refractivity contribution in [3.05, 3.63) is 11.9 Å². The first-order valence-corrected chi connectivity index (χ1v) is 20.6. The fourth-order valence-corrected chi connectivity index (χ4v) is 4.05. The molecule has 2 unspecified atom stereocenters. The molecule has 8 N–H and O–H groups in total. The van der Waals surface area contributed by atoms with E-state index in [4.69, 9.17) is 64.3 Å². The molecular weight excluding hydrogens is 756 g/mol. The molecule has 0 radical (unpaired) electrons. The normalized spacial score (nSPS) is 11.6. The van der Waals surface area contributed by atoms with Crippen LogP contribution in [0.25, 0.3) is 0 Å². The standard InChI is InChI=1S/C24H51N3O9.C7H11NO5S.3C2H6/c1-3-28-6-7-30-10-11-32-14-15-34-18-19-36-21-20-35-17-16-33-13-12-31-9-8-29-5-4-27-23-24(25)22-26-2;8-5(7(12)13)3-14-4(2-9)1-6(10)11;3*1-2/h23,26-27H,3-22,25H2,1-2H3;2,4-5H,1,3,8H2,(H,10,11)(H,12,13);3*1-2H3/b24-23-;;;;. The van der Waals surface area contributed by atoms with Crippen LogP contribution >= 0.6 is 11.8 Å². The first kappa shape index (κ1) is 63.0. The number of carboxylic acid groups (broad SMARTS) is 2. The van der Waals surface area contributed by atoms with Gasteiger partial charge in [0.25, 0.3) is 0 Å². The minimum Gasteiger partial charge on any atom is -0.481 e. The highest BCUT2D eigenvalue weighted by atomic mass is 32.2. The molecule has 2 atom stereocenters. The molecule has 19 heteroatoms. The molecule has 0 aliphatic rings. The topological polar surface area (TPSA) is 251 Å². The van der Waals surface area contributed by atoms with Crippen LogP contribution in [0.4, 0.5) is 0 Å². The second-order valence-electron chi connectivity index (χ2n) is 9.85. The van der Waals surface area contributed by atoms with Crippen LogP contribution in [0.5, 0.6) is 0 Å². The average molecular weight is 837 g/mol. The van der Waals surface area contributed by atoms with E-state index in [9.17, 15) is 14.4 Å². The van der Waals surface area contributed by atoms with Crippen LogP contribution in [0.1, 0.15) is 54.9 Å². The molecule has 0 spiro atoms. The maximum absolute atomic E-state index is 10.4. The second-order valence-corrected chi connectivity index (χ2v) is 11.1. The third-order valence-electron chi connectivity index (χ3n) is 5.57. The van der Waals surface area contributed by atoms with Crippen molar-refractivity contribution in [1.82, 2.24) is 10.6 Å². The van der Waals surface area contributed by atoms with E-state index in [1.165, 1.54) is 0 Å². The number of nitrogens with two attached hydrogens (primary N) is 2. The Morgan fingerprint density at radius 3 is 1.27 bits per heavy atom. The minimum atomic E-state index is -1.17. The van der Waals surface area contributed by atoms with Crippen LogP contribution in [0.3, 0.4) is 0 Å². The summed E-state index contributed by atoms with van der Waals surface area (Å²) in [6.45, 7) is 25.3. The molecule has 56 heavy (non-hydrogen) atoms. The van der Waals surface area contributed by atoms with Gasteiger partial charge in [0.2, 0.25) is 0 Å². The van der Waals surface area contributed by atoms with Gasteiger partial charge in [-0.15, -0.1) is 11.8 Å². The SMILES string of the molecule is CC.CC.CC.CCOCCOCCOCCOCCOCCOCCOCCOCCOCCN/C=C(\N)CNC.NC(CSC(C=O)CC(=O)O)C(=O)O. The van der Waals surface area contributed by atoms with Crippen molar-refractivity contribution < 1.29 is 67.2 Å². The van der Waals surface area contributed by atoms with E-state index in [0.29, 0.717) is 138 Å². The first-order valence-electron chi connectivity index (χ1n) is 19.6. The zero-order valence-corrected chi connectivity index (χ0v) is 36.5. The zero-order chi connectivity index (χ0) is 43.3. The summed E-state index contributed by atoms with van der Waals surface area (Å²) in [5.74, 6) is -2.25. The van der Waals surface area contributed by atoms with E-state index in [-0.39, 0.29) is 12.2 Å². The summed E-state index contributed by atoms with van der Waals surface area (Å²) in [5.41, 5.74) is 11.7. The zero-order valence-electron chi connectivity index (χ0n) is 35.7. The molecule has 0 saturated heterocycles. The Hall–Kier alpha value is -2.14. The Morgan fingerprint density at radius 1 is 0.643 bits per heavy atom. The van der Waals surface area contributed by atoms with Crippen LogP contribution in [0.15, 0.2) is 11.9 Å². The van der Waals surface area contributed by atoms with Crippen LogP contribution in [0, 0.1) is 0 Å². The number of hydrogen-bond acceptors (Lipinski definition) is 17. The molecule has 0 bridgehead atoms. The van der Waals surface area contributed by atoms with Crippen molar-refractivity contribution in [2.75, 3.05) is 145 Å². The number of carbonyl (C=O) groups excluding carboxylic acids is 1. The highest BCUT2D eigenvalue weighted by molar-refractivity contribution is 8.00. The van der Waals surface area contributed by atoms with Gasteiger partial charge in [-0.05, 0) is 14.0 Å². The maximum Gasteiger partial charge on any atom is 0.321 e. The molecule has 0 aromatic heterocycles. The summed E-state index contributed by atoms with van der Waals surface area (Å²) in [6, 6.07) is -1.07. The van der Waals surface area contributed by atoms with Crippen LogP contribution in [-0.2, 0) is 57.0 Å². The predicted octanol–water partition coefficient (Wildman–Crippen LogP) is 2.02. The van der Waals surface area contributed by atoms with Gasteiger partial charge in [0.15, 0.2) is 0 Å².